The van der Waals surface area contributed by atoms with Crippen LogP contribution in [-0.4, -0.2) is 56.4 Å². The van der Waals surface area contributed by atoms with Gasteiger partial charge >= 0.3 is 0 Å². The summed E-state index contributed by atoms with van der Waals surface area (Å²) in [6.07, 6.45) is 0. The van der Waals surface area contributed by atoms with Crippen molar-refractivity contribution >= 4 is 5.91 Å². The maximum atomic E-state index is 12.2. The smallest absolute Gasteiger partial charge is 0.270 e. The molecule has 0 atom stereocenters. The van der Waals surface area contributed by atoms with E-state index in [1.54, 1.807) is 10.7 Å². The molecule has 7 heteroatoms. The van der Waals surface area contributed by atoms with Crippen LogP contribution in [0.1, 0.15) is 42.9 Å². The molecule has 1 aromatic rings. The van der Waals surface area contributed by atoms with Gasteiger partial charge in [-0.3, -0.25) is 9.48 Å². The van der Waals surface area contributed by atoms with Crippen LogP contribution < -0.4 is 5.32 Å². The topological polar surface area (TPSA) is 108 Å². The molecule has 0 bridgehead atoms. The minimum Gasteiger partial charge on any atom is -0.394 e. The average Bonchev–Trinajstić information content (AvgIpc) is 2.89. The Morgan fingerprint density at radius 2 is 1.90 bits per heavy atom. The van der Waals surface area contributed by atoms with E-state index in [0.29, 0.717) is 12.2 Å². The molecule has 114 valence electrons. The van der Waals surface area contributed by atoms with E-state index in [4.69, 9.17) is 0 Å². The van der Waals surface area contributed by atoms with Crippen molar-refractivity contribution in [2.75, 3.05) is 19.8 Å². The first-order valence-electron chi connectivity index (χ1n) is 6.65. The number of aliphatic hydroxyl groups is 3. The molecular weight excluding hydrogens is 262 g/mol. The lowest BCUT2D eigenvalue weighted by Gasteiger charge is -2.28. The second-order valence-electron chi connectivity index (χ2n) is 5.13. The number of nitrogens with one attached hydrogen (secondary N) is 1. The van der Waals surface area contributed by atoms with Crippen LogP contribution in [0.5, 0.6) is 0 Å². The van der Waals surface area contributed by atoms with Gasteiger partial charge in [0.2, 0.25) is 0 Å². The second kappa shape index (κ2) is 6.83. The van der Waals surface area contributed by atoms with Gasteiger partial charge in [-0.15, -0.1) is 0 Å². The summed E-state index contributed by atoms with van der Waals surface area (Å²) in [5.74, 6) is -0.295. The average molecular weight is 285 g/mol. The molecule has 1 heterocycles. The molecule has 0 unspecified atom stereocenters. The second-order valence-corrected chi connectivity index (χ2v) is 5.13. The molecule has 0 radical (unpaired) electrons. The Balaban J connectivity index is 3.02. The first-order chi connectivity index (χ1) is 9.42. The number of hydrogen-bond acceptors (Lipinski definition) is 5. The minimum absolute atomic E-state index is 0.188. The molecular formula is C13H23N3O4. The van der Waals surface area contributed by atoms with Crippen LogP contribution in [0, 0.1) is 0 Å². The van der Waals surface area contributed by atoms with Crippen LogP contribution >= 0.6 is 0 Å². The molecule has 0 aliphatic heterocycles. The summed E-state index contributed by atoms with van der Waals surface area (Å²) < 4.78 is 1.56. The first-order valence-corrected chi connectivity index (χ1v) is 6.65. The molecule has 4 N–H and O–H groups in total. The van der Waals surface area contributed by atoms with E-state index < -0.39 is 31.3 Å². The predicted octanol–water partition coefficient (Wildman–Crippen LogP) is -0.528. The zero-order valence-electron chi connectivity index (χ0n) is 12.1. The zero-order chi connectivity index (χ0) is 15.3. The Hall–Kier alpha value is -1.44. The van der Waals surface area contributed by atoms with Gasteiger partial charge in [-0.2, -0.15) is 5.10 Å². The van der Waals surface area contributed by atoms with Gasteiger partial charge in [0.25, 0.3) is 5.91 Å². The largest absolute Gasteiger partial charge is 0.394 e. The van der Waals surface area contributed by atoms with Crippen molar-refractivity contribution in [2.45, 2.75) is 38.8 Å². The number of nitrogens with zero attached hydrogens (tertiary/aromatic N) is 2. The number of amides is 1. The molecule has 1 amide bonds. The van der Waals surface area contributed by atoms with Gasteiger partial charge in [0.1, 0.15) is 11.2 Å². The molecule has 0 spiro atoms. The van der Waals surface area contributed by atoms with Crippen molar-refractivity contribution in [2.24, 2.45) is 0 Å². The fourth-order valence-electron chi connectivity index (χ4n) is 1.72. The van der Waals surface area contributed by atoms with Gasteiger partial charge in [0, 0.05) is 6.54 Å². The third-order valence-electron chi connectivity index (χ3n) is 3.21. The van der Waals surface area contributed by atoms with Crippen molar-refractivity contribution in [3.8, 4) is 0 Å². The highest BCUT2D eigenvalue weighted by molar-refractivity contribution is 5.93. The molecule has 0 aromatic carbocycles. The highest BCUT2D eigenvalue weighted by Gasteiger charge is 2.31. The monoisotopic (exact) mass is 285 g/mol. The van der Waals surface area contributed by atoms with Crippen molar-refractivity contribution in [3.63, 3.8) is 0 Å². The van der Waals surface area contributed by atoms with Crippen molar-refractivity contribution in [3.05, 3.63) is 17.5 Å². The third-order valence-corrected chi connectivity index (χ3v) is 3.21. The maximum absolute atomic E-state index is 12.2. The molecule has 1 rings (SSSR count). The van der Waals surface area contributed by atoms with E-state index in [9.17, 15) is 20.1 Å². The summed E-state index contributed by atoms with van der Waals surface area (Å²) in [6, 6.07) is 1.68. The van der Waals surface area contributed by atoms with Crippen LogP contribution in [0.4, 0.5) is 0 Å². The maximum Gasteiger partial charge on any atom is 0.270 e. The van der Waals surface area contributed by atoms with Crippen LogP contribution in [0.3, 0.4) is 0 Å². The van der Waals surface area contributed by atoms with Gasteiger partial charge < -0.3 is 20.6 Å². The molecule has 0 saturated heterocycles. The number of hydrogen-bond donors (Lipinski definition) is 4. The lowest BCUT2D eigenvalue weighted by atomic mass is 10.0. The van der Waals surface area contributed by atoms with E-state index >= 15 is 0 Å². The summed E-state index contributed by atoms with van der Waals surface area (Å²) in [6.45, 7) is 4.69. The summed E-state index contributed by atoms with van der Waals surface area (Å²) in [5.41, 5.74) is -0.298. The Morgan fingerprint density at radius 3 is 2.30 bits per heavy atom. The van der Waals surface area contributed by atoms with Gasteiger partial charge in [-0.05, 0) is 18.9 Å². The summed E-state index contributed by atoms with van der Waals surface area (Å²) in [5, 5.41) is 34.5. The standard InChI is InChI=1S/C13H23N3O4/c1-4-16-11(5-10(15-16)9(2)3)12(20)14-13(6-17,7-18)8-19/h5,9,17-19H,4,6-8H2,1-3H3,(H,14,20). The van der Waals surface area contributed by atoms with E-state index in [0.717, 1.165) is 5.69 Å². The summed E-state index contributed by atoms with van der Waals surface area (Å²) in [4.78, 5) is 12.2. The Labute approximate surface area is 118 Å². The van der Waals surface area contributed by atoms with Crippen molar-refractivity contribution in [1.82, 2.24) is 15.1 Å². The SMILES string of the molecule is CCn1nc(C(C)C)cc1C(=O)NC(CO)(CO)CO. The fourth-order valence-corrected chi connectivity index (χ4v) is 1.72. The van der Waals surface area contributed by atoms with Crippen LogP contribution in [-0.2, 0) is 6.54 Å². The van der Waals surface area contributed by atoms with E-state index in [-0.39, 0.29) is 5.92 Å². The molecule has 7 nitrogen and oxygen atoms in total. The van der Waals surface area contributed by atoms with Gasteiger partial charge in [-0.25, -0.2) is 0 Å². The van der Waals surface area contributed by atoms with E-state index in [2.05, 4.69) is 10.4 Å². The Bertz CT molecular complexity index is 444. The van der Waals surface area contributed by atoms with Gasteiger partial charge in [0.15, 0.2) is 0 Å². The van der Waals surface area contributed by atoms with Crippen LogP contribution in [0.2, 0.25) is 0 Å². The van der Waals surface area contributed by atoms with E-state index in [1.807, 2.05) is 20.8 Å². The fraction of sp³-hybridized carbons (Fsp3) is 0.692. The van der Waals surface area contributed by atoms with Crippen LogP contribution in [0.25, 0.3) is 0 Å². The van der Waals surface area contributed by atoms with Crippen molar-refractivity contribution < 1.29 is 20.1 Å². The number of carbonyl (C=O) groups excluding carboxylic acids is 1. The third kappa shape index (κ3) is 3.36. The van der Waals surface area contributed by atoms with Gasteiger partial charge in [0.05, 0.1) is 25.5 Å². The molecule has 20 heavy (non-hydrogen) atoms. The number of aliphatic hydroxyl groups excluding tert-OH is 3. The van der Waals surface area contributed by atoms with Gasteiger partial charge in [-0.1, -0.05) is 13.8 Å². The zero-order valence-corrected chi connectivity index (χ0v) is 12.1. The quantitative estimate of drug-likeness (QED) is 0.539. The highest BCUT2D eigenvalue weighted by Crippen LogP contribution is 2.15. The molecule has 0 aliphatic rings. The Kier molecular flexibility index (Phi) is 5.67. The number of aryl methyl sites for hydroxylation is 1. The summed E-state index contributed by atoms with van der Waals surface area (Å²) in [7, 11) is 0. The molecule has 0 saturated carbocycles. The van der Waals surface area contributed by atoms with Crippen molar-refractivity contribution in [1.29, 1.82) is 0 Å². The lowest BCUT2D eigenvalue weighted by molar-refractivity contribution is 0.0370. The van der Waals surface area contributed by atoms with E-state index in [1.165, 1.54) is 0 Å². The summed E-state index contributed by atoms with van der Waals surface area (Å²) >= 11 is 0. The molecule has 0 fully saturated rings. The number of aromatic nitrogens is 2. The number of rotatable bonds is 7. The normalized spacial score (nSPS) is 11.9. The molecule has 0 aliphatic carbocycles. The minimum atomic E-state index is -1.43. The number of carbonyl (C=O) groups is 1. The van der Waals surface area contributed by atoms with Crippen LogP contribution in [0.15, 0.2) is 6.07 Å². The lowest BCUT2D eigenvalue weighted by Crippen LogP contribution is -2.57. The highest BCUT2D eigenvalue weighted by atomic mass is 16.3. The predicted molar refractivity (Wildman–Crippen MR) is 73.4 cm³/mol. The first kappa shape index (κ1) is 16.6. The Morgan fingerprint density at radius 1 is 1.35 bits per heavy atom. The molecule has 1 aromatic heterocycles.